The molecule has 0 saturated carbocycles. The second-order valence-electron chi connectivity index (χ2n) is 6.44. The maximum absolute atomic E-state index is 11.6. The van der Waals surface area contributed by atoms with Gasteiger partial charge >= 0.3 is 0 Å². The van der Waals surface area contributed by atoms with Crippen molar-refractivity contribution in [2.75, 3.05) is 32.4 Å². The molecule has 0 atom stereocenters. The molecule has 2 rings (SSSR count). The second-order valence-corrected chi connectivity index (χ2v) is 8.25. The fourth-order valence-electron chi connectivity index (χ4n) is 2.78. The molecule has 0 radical (unpaired) electrons. The van der Waals surface area contributed by atoms with Gasteiger partial charge in [-0.25, -0.2) is 0 Å². The average molecular weight is 337 g/mol. The molecule has 128 valence electrons. The van der Waals surface area contributed by atoms with E-state index in [9.17, 15) is 4.79 Å². The lowest BCUT2D eigenvalue weighted by Crippen LogP contribution is -2.51. The molecule has 0 aliphatic carbocycles. The van der Waals surface area contributed by atoms with Gasteiger partial charge in [-0.2, -0.15) is 11.8 Å². The minimum absolute atomic E-state index is 0.0734. The Balaban J connectivity index is 1.72. The molecule has 0 amide bonds. The third-order valence-corrected chi connectivity index (χ3v) is 5.24. The Morgan fingerprint density at radius 3 is 2.91 bits per heavy atom. The number of aliphatic imine (C=N–C) groups is 1. The summed E-state index contributed by atoms with van der Waals surface area (Å²) in [6.07, 6.45) is 3.85. The fourth-order valence-corrected chi connectivity index (χ4v) is 3.89. The van der Waals surface area contributed by atoms with Gasteiger partial charge in [-0.05, 0) is 32.8 Å². The maximum atomic E-state index is 11.6. The highest BCUT2D eigenvalue weighted by molar-refractivity contribution is 8.00. The highest BCUT2D eigenvalue weighted by atomic mass is 32.2. The van der Waals surface area contributed by atoms with Gasteiger partial charge in [0.15, 0.2) is 5.96 Å². The molecule has 1 aliphatic heterocycles. The van der Waals surface area contributed by atoms with Crippen molar-refractivity contribution >= 4 is 17.7 Å². The lowest BCUT2D eigenvalue weighted by molar-refractivity contribution is 0.375. The van der Waals surface area contributed by atoms with Crippen LogP contribution in [-0.2, 0) is 6.54 Å². The molecule has 1 fully saturated rings. The van der Waals surface area contributed by atoms with Crippen LogP contribution in [0.25, 0.3) is 0 Å². The molecule has 2 heterocycles. The van der Waals surface area contributed by atoms with E-state index in [1.165, 1.54) is 0 Å². The van der Waals surface area contributed by atoms with E-state index < -0.39 is 0 Å². The predicted molar refractivity (Wildman–Crippen MR) is 99.4 cm³/mol. The van der Waals surface area contributed by atoms with E-state index in [4.69, 9.17) is 0 Å². The molecular formula is C17H28N4OS. The lowest BCUT2D eigenvalue weighted by Gasteiger charge is -2.39. The summed E-state index contributed by atoms with van der Waals surface area (Å²) in [5.74, 6) is 2.14. The van der Waals surface area contributed by atoms with E-state index in [-0.39, 0.29) is 10.3 Å². The number of unbranched alkanes of at least 4 members (excludes halogenated alkanes) is 1. The summed E-state index contributed by atoms with van der Waals surface area (Å²) in [7, 11) is 1.85. The van der Waals surface area contributed by atoms with Crippen molar-refractivity contribution in [2.24, 2.45) is 4.99 Å². The number of hydrogen-bond acceptors (Lipinski definition) is 3. The smallest absolute Gasteiger partial charge is 0.250 e. The summed E-state index contributed by atoms with van der Waals surface area (Å²) in [5, 5.41) is 3.46. The summed E-state index contributed by atoms with van der Waals surface area (Å²) >= 11 is 2.03. The van der Waals surface area contributed by atoms with E-state index in [2.05, 4.69) is 29.1 Å². The number of aromatic nitrogens is 1. The lowest BCUT2D eigenvalue weighted by atomic mass is 10.2. The molecule has 5 nitrogen and oxygen atoms in total. The Labute approximate surface area is 143 Å². The summed E-state index contributed by atoms with van der Waals surface area (Å²) in [6.45, 7) is 8.30. The molecule has 1 saturated heterocycles. The molecule has 1 N–H and O–H groups in total. The van der Waals surface area contributed by atoms with Crippen LogP contribution in [0.1, 0.15) is 26.7 Å². The van der Waals surface area contributed by atoms with Gasteiger partial charge in [0, 0.05) is 56.0 Å². The largest absolute Gasteiger partial charge is 0.356 e. The molecule has 23 heavy (non-hydrogen) atoms. The number of aryl methyl sites for hydroxylation is 1. The van der Waals surface area contributed by atoms with Crippen LogP contribution in [-0.4, -0.2) is 52.6 Å². The number of rotatable bonds is 5. The Morgan fingerprint density at radius 2 is 2.22 bits per heavy atom. The third kappa shape index (κ3) is 5.61. The predicted octanol–water partition coefficient (Wildman–Crippen LogP) is 2.03. The van der Waals surface area contributed by atoms with Crippen molar-refractivity contribution in [1.82, 2.24) is 14.8 Å². The van der Waals surface area contributed by atoms with Gasteiger partial charge in [0.05, 0.1) is 0 Å². The van der Waals surface area contributed by atoms with E-state index in [0.29, 0.717) is 0 Å². The zero-order valence-corrected chi connectivity index (χ0v) is 15.2. The summed E-state index contributed by atoms with van der Waals surface area (Å²) in [6, 6.07) is 5.29. The number of nitrogens with zero attached hydrogens (tertiary/aromatic N) is 3. The number of thioether (sulfide) groups is 1. The Bertz CT molecular complexity index is 582. The topological polar surface area (TPSA) is 49.6 Å². The van der Waals surface area contributed by atoms with Crippen molar-refractivity contribution in [2.45, 2.75) is 38.0 Å². The van der Waals surface area contributed by atoms with E-state index in [0.717, 1.165) is 50.7 Å². The molecule has 6 heteroatoms. The van der Waals surface area contributed by atoms with Gasteiger partial charge in [0.1, 0.15) is 0 Å². The monoisotopic (exact) mass is 336 g/mol. The van der Waals surface area contributed by atoms with Crippen molar-refractivity contribution in [3.63, 3.8) is 0 Å². The Kier molecular flexibility index (Phi) is 6.57. The summed E-state index contributed by atoms with van der Waals surface area (Å²) in [4.78, 5) is 18.4. The number of hydrogen-bond donors (Lipinski definition) is 1. The van der Waals surface area contributed by atoms with E-state index in [1.54, 1.807) is 16.7 Å². The molecule has 1 aliphatic rings. The first-order valence-electron chi connectivity index (χ1n) is 8.27. The standard InChI is InChI=1S/C17H28N4OS/c1-17(2)14-21(12-13-23-17)16(18-3)19-9-5-7-11-20-10-6-4-8-15(20)22/h4,6,8,10H,5,7,9,11-14H2,1-3H3,(H,18,19). The van der Waals surface area contributed by atoms with Crippen molar-refractivity contribution in [3.8, 4) is 0 Å². The molecule has 0 unspecified atom stereocenters. The van der Waals surface area contributed by atoms with Crippen LogP contribution in [0.3, 0.4) is 0 Å². The highest BCUT2D eigenvalue weighted by Crippen LogP contribution is 2.29. The third-order valence-electron chi connectivity index (χ3n) is 3.94. The first-order valence-corrected chi connectivity index (χ1v) is 9.25. The zero-order valence-electron chi connectivity index (χ0n) is 14.4. The summed E-state index contributed by atoms with van der Waals surface area (Å²) in [5.41, 5.74) is 0.0734. The molecule has 0 aromatic carbocycles. The van der Waals surface area contributed by atoms with Gasteiger partial charge in [-0.1, -0.05) is 6.07 Å². The Hall–Kier alpha value is -1.43. The number of nitrogens with one attached hydrogen (secondary N) is 1. The minimum Gasteiger partial charge on any atom is -0.356 e. The van der Waals surface area contributed by atoms with Gasteiger partial charge in [0.2, 0.25) is 5.56 Å². The van der Waals surface area contributed by atoms with Crippen LogP contribution < -0.4 is 10.9 Å². The van der Waals surface area contributed by atoms with Gasteiger partial charge in [-0.3, -0.25) is 9.79 Å². The minimum atomic E-state index is 0.0734. The van der Waals surface area contributed by atoms with Gasteiger partial charge in [0.25, 0.3) is 0 Å². The van der Waals surface area contributed by atoms with E-state index >= 15 is 0 Å². The fraction of sp³-hybridized carbons (Fsp3) is 0.647. The average Bonchev–Trinajstić information content (AvgIpc) is 2.51. The van der Waals surface area contributed by atoms with Gasteiger partial charge in [-0.15, -0.1) is 0 Å². The quantitative estimate of drug-likeness (QED) is 0.508. The number of pyridine rings is 1. The van der Waals surface area contributed by atoms with Crippen LogP contribution in [0.5, 0.6) is 0 Å². The number of guanidine groups is 1. The zero-order chi connectivity index (χ0) is 16.7. The first kappa shape index (κ1) is 17.9. The van der Waals surface area contributed by atoms with Crippen molar-refractivity contribution < 1.29 is 0 Å². The van der Waals surface area contributed by atoms with Crippen molar-refractivity contribution in [1.29, 1.82) is 0 Å². The van der Waals surface area contributed by atoms with Gasteiger partial charge < -0.3 is 14.8 Å². The van der Waals surface area contributed by atoms with Crippen LogP contribution in [0.4, 0.5) is 0 Å². The first-order chi connectivity index (χ1) is 11.0. The summed E-state index contributed by atoms with van der Waals surface area (Å²) < 4.78 is 2.05. The highest BCUT2D eigenvalue weighted by Gasteiger charge is 2.28. The molecule has 1 aromatic heterocycles. The van der Waals surface area contributed by atoms with Crippen LogP contribution in [0.2, 0.25) is 0 Å². The second kappa shape index (κ2) is 8.43. The molecule has 0 bridgehead atoms. The molecule has 1 aromatic rings. The molecular weight excluding hydrogens is 308 g/mol. The van der Waals surface area contributed by atoms with E-state index in [1.807, 2.05) is 31.1 Å². The van der Waals surface area contributed by atoms with Crippen LogP contribution >= 0.6 is 11.8 Å². The van der Waals surface area contributed by atoms with Crippen LogP contribution in [0.15, 0.2) is 34.2 Å². The SMILES string of the molecule is CN=C(NCCCCn1ccccc1=O)N1CCSC(C)(C)C1. The molecule has 0 spiro atoms. The normalized spacial score (nSPS) is 18.0. The Morgan fingerprint density at radius 1 is 1.39 bits per heavy atom. The maximum Gasteiger partial charge on any atom is 0.250 e. The van der Waals surface area contributed by atoms with Crippen LogP contribution in [0, 0.1) is 0 Å². The van der Waals surface area contributed by atoms with Crippen molar-refractivity contribution in [3.05, 3.63) is 34.7 Å².